The maximum atomic E-state index is 13.3. The molecule has 0 aliphatic rings. The highest BCUT2D eigenvalue weighted by Gasteiger charge is 2.23. The van der Waals surface area contributed by atoms with E-state index < -0.39 is 0 Å². The van der Waals surface area contributed by atoms with Gasteiger partial charge in [-0.2, -0.15) is 0 Å². The molecule has 60 heavy (non-hydrogen) atoms. The van der Waals surface area contributed by atoms with E-state index in [9.17, 15) is 4.79 Å². The first kappa shape index (κ1) is 41.6. The second-order valence-electron chi connectivity index (χ2n) is 16.3. The minimum Gasteiger partial charge on any atom is -0.488 e. The fourth-order valence-corrected chi connectivity index (χ4v) is 7.76. The van der Waals surface area contributed by atoms with Crippen LogP contribution in [0.4, 0.5) is 34.1 Å². The fourth-order valence-electron chi connectivity index (χ4n) is 7.76. The van der Waals surface area contributed by atoms with Crippen LogP contribution in [0, 0.1) is 0 Å². The van der Waals surface area contributed by atoms with Gasteiger partial charge in [0.15, 0.2) is 5.78 Å². The molecular weight excluding hydrogens is 737 g/mol. The van der Waals surface area contributed by atoms with E-state index in [1.54, 1.807) is 0 Å². The van der Waals surface area contributed by atoms with Gasteiger partial charge in [0.05, 0.1) is 0 Å². The summed E-state index contributed by atoms with van der Waals surface area (Å²) >= 11 is 0. The number of nitrogens with zero attached hydrogens (tertiary/aromatic N) is 2. The lowest BCUT2D eigenvalue weighted by Gasteiger charge is -2.29. The van der Waals surface area contributed by atoms with E-state index in [4.69, 9.17) is 9.47 Å². The van der Waals surface area contributed by atoms with Gasteiger partial charge in [-0.25, -0.2) is 0 Å². The lowest BCUT2D eigenvalue weighted by molar-refractivity contribution is 0.0985. The molecule has 0 N–H and O–H groups in total. The van der Waals surface area contributed by atoms with E-state index in [2.05, 4.69) is 173 Å². The Hall–Kier alpha value is -6.59. The number of benzene rings is 7. The molecule has 0 amide bonds. The van der Waals surface area contributed by atoms with Gasteiger partial charge in [0.2, 0.25) is 0 Å². The van der Waals surface area contributed by atoms with Gasteiger partial charge in [-0.3, -0.25) is 4.79 Å². The topological polar surface area (TPSA) is 42.0 Å². The summed E-state index contributed by atoms with van der Waals surface area (Å²) in [7, 11) is 0. The normalized spacial score (nSPS) is 11.5. The van der Waals surface area contributed by atoms with Crippen LogP contribution in [0.5, 0.6) is 17.2 Å². The number of hydrogen-bond donors (Lipinski definition) is 0. The van der Waals surface area contributed by atoms with Crippen molar-refractivity contribution in [2.75, 3.05) is 9.80 Å². The van der Waals surface area contributed by atoms with Crippen molar-refractivity contribution in [2.24, 2.45) is 0 Å². The first-order valence-electron chi connectivity index (χ1n) is 21.2. The van der Waals surface area contributed by atoms with Crippen LogP contribution in [0.1, 0.15) is 88.7 Å². The van der Waals surface area contributed by atoms with Crippen molar-refractivity contribution in [3.8, 4) is 17.2 Å². The SMILES string of the molecule is CCCC(C)(C)Oc1ccc(N(c2ccccc2)c2ccc(N(c3ccccc3)c3ccc(Oc4ccc(C(=O)c5ccc(C(C)(CC)CC)cc5)cc4)cc3)cc2)cc1. The van der Waals surface area contributed by atoms with Gasteiger partial charge in [0.25, 0.3) is 0 Å². The number of carbonyl (C=O) groups excluding carboxylic acids is 1. The molecule has 7 aromatic carbocycles. The monoisotopic (exact) mass is 792 g/mol. The van der Waals surface area contributed by atoms with Gasteiger partial charge in [-0.15, -0.1) is 0 Å². The Balaban J connectivity index is 1.09. The first-order valence-corrected chi connectivity index (χ1v) is 21.2. The molecule has 0 saturated heterocycles. The van der Waals surface area contributed by atoms with Crippen LogP contribution in [-0.2, 0) is 5.41 Å². The summed E-state index contributed by atoms with van der Waals surface area (Å²) in [6, 6.07) is 61.4. The van der Waals surface area contributed by atoms with Gasteiger partial charge in [-0.05, 0) is 165 Å². The van der Waals surface area contributed by atoms with Crippen molar-refractivity contribution < 1.29 is 14.3 Å². The number of para-hydroxylation sites is 2. The summed E-state index contributed by atoms with van der Waals surface area (Å²) in [5, 5.41) is 0. The Morgan fingerprint density at radius 1 is 0.450 bits per heavy atom. The molecule has 0 heterocycles. The zero-order chi connectivity index (χ0) is 42.1. The molecule has 0 unspecified atom stereocenters. The molecule has 7 aromatic rings. The molecule has 0 aliphatic heterocycles. The van der Waals surface area contributed by atoms with Crippen LogP contribution in [0.3, 0.4) is 0 Å². The second-order valence-corrected chi connectivity index (χ2v) is 16.3. The molecule has 0 aliphatic carbocycles. The average Bonchev–Trinajstić information content (AvgIpc) is 3.28. The number of hydrogen-bond acceptors (Lipinski definition) is 5. The van der Waals surface area contributed by atoms with Crippen LogP contribution >= 0.6 is 0 Å². The minimum absolute atomic E-state index is 0.0000781. The average molecular weight is 793 g/mol. The van der Waals surface area contributed by atoms with E-state index >= 15 is 0 Å². The molecule has 0 atom stereocenters. The molecule has 0 radical (unpaired) electrons. The third-order valence-electron chi connectivity index (χ3n) is 11.6. The van der Waals surface area contributed by atoms with Crippen molar-refractivity contribution in [1.82, 2.24) is 0 Å². The van der Waals surface area contributed by atoms with Gasteiger partial charge >= 0.3 is 0 Å². The molecule has 5 nitrogen and oxygen atoms in total. The fraction of sp³-hybridized carbons (Fsp3) is 0.218. The third kappa shape index (κ3) is 9.64. The lowest BCUT2D eigenvalue weighted by atomic mass is 9.77. The van der Waals surface area contributed by atoms with Gasteiger partial charge in [-0.1, -0.05) is 94.8 Å². The highest BCUT2D eigenvalue weighted by atomic mass is 16.5. The minimum atomic E-state index is -0.224. The van der Waals surface area contributed by atoms with Crippen LogP contribution in [-0.4, -0.2) is 11.4 Å². The zero-order valence-electron chi connectivity index (χ0n) is 35.8. The Bertz CT molecular complexity index is 2420. The van der Waals surface area contributed by atoms with Crippen molar-refractivity contribution in [3.05, 3.63) is 199 Å². The highest BCUT2D eigenvalue weighted by Crippen LogP contribution is 2.40. The predicted molar refractivity (Wildman–Crippen MR) is 250 cm³/mol. The predicted octanol–water partition coefficient (Wildman–Crippen LogP) is 15.7. The lowest BCUT2D eigenvalue weighted by Crippen LogP contribution is -2.27. The second kappa shape index (κ2) is 18.6. The smallest absolute Gasteiger partial charge is 0.193 e. The van der Waals surface area contributed by atoms with E-state index in [1.165, 1.54) is 5.56 Å². The number of ether oxygens (including phenoxy) is 2. The molecule has 0 bridgehead atoms. The standard InChI is InChI=1S/C55H56N2O3/c1-7-40-54(4,5)60-52-38-32-49(33-39-52)57(45-18-14-11-15-19-45)47-28-26-46(27-29-47)56(44-16-12-10-13-17-44)48-30-36-51(37-31-48)59-50-34-22-42(23-35-50)53(58)41-20-24-43(25-21-41)55(6,8-2)9-3/h10-39H,7-9,40H2,1-6H3. The van der Waals surface area contributed by atoms with Gasteiger partial charge in [0, 0.05) is 45.3 Å². The zero-order valence-corrected chi connectivity index (χ0v) is 35.8. The van der Waals surface area contributed by atoms with Crippen LogP contribution < -0.4 is 19.3 Å². The van der Waals surface area contributed by atoms with Gasteiger partial charge < -0.3 is 19.3 Å². The number of carbonyl (C=O) groups is 1. The maximum absolute atomic E-state index is 13.3. The number of anilines is 6. The van der Waals surface area contributed by atoms with E-state index in [-0.39, 0.29) is 16.8 Å². The third-order valence-corrected chi connectivity index (χ3v) is 11.6. The molecule has 0 aromatic heterocycles. The Morgan fingerprint density at radius 2 is 0.800 bits per heavy atom. The first-order chi connectivity index (χ1) is 29.1. The number of ketones is 1. The van der Waals surface area contributed by atoms with Gasteiger partial charge in [0.1, 0.15) is 22.8 Å². The Morgan fingerprint density at radius 3 is 1.20 bits per heavy atom. The molecule has 0 fully saturated rings. The summed E-state index contributed by atoms with van der Waals surface area (Å²) in [5.74, 6) is 2.23. The van der Waals surface area contributed by atoms with E-state index in [1.807, 2.05) is 60.7 Å². The summed E-state index contributed by atoms with van der Waals surface area (Å²) in [5.41, 5.74) is 8.69. The molecule has 5 heteroatoms. The number of rotatable bonds is 17. The van der Waals surface area contributed by atoms with E-state index in [0.717, 1.165) is 65.6 Å². The van der Waals surface area contributed by atoms with Crippen molar-refractivity contribution in [1.29, 1.82) is 0 Å². The molecule has 0 saturated carbocycles. The molecular formula is C55H56N2O3. The quantitative estimate of drug-likeness (QED) is 0.0859. The molecule has 0 spiro atoms. The van der Waals surface area contributed by atoms with Crippen molar-refractivity contribution in [3.63, 3.8) is 0 Å². The molecule has 304 valence electrons. The Labute approximate surface area is 356 Å². The largest absolute Gasteiger partial charge is 0.488 e. The highest BCUT2D eigenvalue weighted by molar-refractivity contribution is 6.09. The van der Waals surface area contributed by atoms with E-state index in [0.29, 0.717) is 22.6 Å². The van der Waals surface area contributed by atoms with Crippen LogP contribution in [0.15, 0.2) is 182 Å². The molecule has 7 rings (SSSR count). The summed E-state index contributed by atoms with van der Waals surface area (Å²) < 4.78 is 12.6. The summed E-state index contributed by atoms with van der Waals surface area (Å²) in [6.45, 7) is 13.2. The summed E-state index contributed by atoms with van der Waals surface area (Å²) in [4.78, 5) is 17.8. The van der Waals surface area contributed by atoms with Crippen molar-refractivity contribution >= 4 is 39.9 Å². The Kier molecular flexibility index (Phi) is 12.9. The van der Waals surface area contributed by atoms with Crippen LogP contribution in [0.25, 0.3) is 0 Å². The summed E-state index contributed by atoms with van der Waals surface area (Å²) in [6.07, 6.45) is 4.17. The van der Waals surface area contributed by atoms with Crippen molar-refractivity contribution in [2.45, 2.75) is 78.2 Å². The maximum Gasteiger partial charge on any atom is 0.193 e. The van der Waals surface area contributed by atoms with Crippen LogP contribution in [0.2, 0.25) is 0 Å².